The number of imidazole rings is 1. The number of aromatic nitrogens is 2. The maximum atomic E-state index is 11.0. The Morgan fingerprint density at radius 1 is 1.53 bits per heavy atom. The summed E-state index contributed by atoms with van der Waals surface area (Å²) in [7, 11) is 0. The lowest BCUT2D eigenvalue weighted by atomic mass is 9.91. The van der Waals surface area contributed by atoms with Gasteiger partial charge in [0.05, 0.1) is 11.3 Å². The lowest BCUT2D eigenvalue weighted by Gasteiger charge is -2.17. The van der Waals surface area contributed by atoms with Gasteiger partial charge in [-0.15, -0.1) is 0 Å². The number of hydrogen-bond donors (Lipinski definition) is 1. The summed E-state index contributed by atoms with van der Waals surface area (Å²) in [6.07, 6.45) is 4.84. The molecule has 0 saturated heterocycles. The topological polar surface area (TPSA) is 54.6 Å². The summed E-state index contributed by atoms with van der Waals surface area (Å²) in [5.41, 5.74) is 3.48. The molecule has 0 saturated carbocycles. The highest BCUT2D eigenvalue weighted by molar-refractivity contribution is 5.87. The van der Waals surface area contributed by atoms with Crippen LogP contribution in [0.25, 0.3) is 5.65 Å². The highest BCUT2D eigenvalue weighted by atomic mass is 16.4. The number of aryl methyl sites for hydroxylation is 1. The van der Waals surface area contributed by atoms with E-state index in [1.165, 1.54) is 12.1 Å². The SMILES string of the molecule is CC1CCc2nc3ccc(C(=O)O)cn3c2C1. The van der Waals surface area contributed by atoms with Crippen LogP contribution in [0.15, 0.2) is 18.3 Å². The van der Waals surface area contributed by atoms with E-state index in [0.29, 0.717) is 11.5 Å². The highest BCUT2D eigenvalue weighted by Gasteiger charge is 2.20. The van der Waals surface area contributed by atoms with Gasteiger partial charge < -0.3 is 9.51 Å². The third-order valence-corrected chi connectivity index (χ3v) is 3.46. The lowest BCUT2D eigenvalue weighted by Crippen LogP contribution is -2.12. The number of carboxylic acid groups (broad SMARTS) is 1. The van der Waals surface area contributed by atoms with Crippen LogP contribution in [0.2, 0.25) is 0 Å². The van der Waals surface area contributed by atoms with Crippen LogP contribution in [0.4, 0.5) is 0 Å². The number of rotatable bonds is 1. The molecule has 1 aliphatic carbocycles. The zero-order valence-corrected chi connectivity index (χ0v) is 9.68. The molecule has 0 spiro atoms. The molecule has 17 heavy (non-hydrogen) atoms. The number of carbonyl (C=O) groups is 1. The van der Waals surface area contributed by atoms with Gasteiger partial charge in [-0.05, 0) is 37.3 Å². The Morgan fingerprint density at radius 2 is 2.35 bits per heavy atom. The summed E-state index contributed by atoms with van der Waals surface area (Å²) >= 11 is 0. The predicted octanol–water partition coefficient (Wildman–Crippen LogP) is 2.16. The fourth-order valence-corrected chi connectivity index (χ4v) is 2.50. The Hall–Kier alpha value is -1.84. The third kappa shape index (κ3) is 1.60. The van der Waals surface area contributed by atoms with Crippen molar-refractivity contribution in [1.82, 2.24) is 9.38 Å². The van der Waals surface area contributed by atoms with E-state index >= 15 is 0 Å². The van der Waals surface area contributed by atoms with Crippen molar-refractivity contribution in [2.75, 3.05) is 0 Å². The van der Waals surface area contributed by atoms with Crippen LogP contribution in [-0.4, -0.2) is 20.5 Å². The van der Waals surface area contributed by atoms with E-state index in [4.69, 9.17) is 5.11 Å². The van der Waals surface area contributed by atoms with E-state index in [9.17, 15) is 4.79 Å². The van der Waals surface area contributed by atoms with E-state index in [1.807, 2.05) is 4.40 Å². The first-order chi connectivity index (χ1) is 8.15. The van der Waals surface area contributed by atoms with Crippen LogP contribution in [-0.2, 0) is 12.8 Å². The van der Waals surface area contributed by atoms with Gasteiger partial charge in [0.15, 0.2) is 0 Å². The van der Waals surface area contributed by atoms with Gasteiger partial charge >= 0.3 is 5.97 Å². The van der Waals surface area contributed by atoms with Gasteiger partial charge in [-0.1, -0.05) is 6.92 Å². The molecule has 1 atom stereocenters. The van der Waals surface area contributed by atoms with Gasteiger partial charge in [0.1, 0.15) is 5.65 Å². The van der Waals surface area contributed by atoms with Crippen molar-refractivity contribution in [2.45, 2.75) is 26.2 Å². The summed E-state index contributed by atoms with van der Waals surface area (Å²) in [5, 5.41) is 9.00. The minimum absolute atomic E-state index is 0.316. The molecule has 1 aliphatic rings. The number of pyridine rings is 1. The van der Waals surface area contributed by atoms with Gasteiger partial charge in [0.2, 0.25) is 0 Å². The Balaban J connectivity index is 2.21. The summed E-state index contributed by atoms with van der Waals surface area (Å²) in [6, 6.07) is 3.39. The standard InChI is InChI=1S/C13H14N2O2/c1-8-2-4-10-11(6-8)15-7-9(13(16)17)3-5-12(15)14-10/h3,5,7-8H,2,4,6H2,1H3,(H,16,17). The van der Waals surface area contributed by atoms with E-state index in [0.717, 1.165) is 24.2 Å². The molecule has 0 aliphatic heterocycles. The molecule has 1 N–H and O–H groups in total. The first-order valence-corrected chi connectivity index (χ1v) is 5.88. The Morgan fingerprint density at radius 3 is 3.12 bits per heavy atom. The number of carboxylic acids is 1. The molecule has 88 valence electrons. The first kappa shape index (κ1) is 10.3. The van der Waals surface area contributed by atoms with Gasteiger partial charge in [-0.25, -0.2) is 9.78 Å². The maximum Gasteiger partial charge on any atom is 0.337 e. The van der Waals surface area contributed by atoms with Gasteiger partial charge in [0.25, 0.3) is 0 Å². The van der Waals surface area contributed by atoms with Crippen LogP contribution in [0.1, 0.15) is 35.1 Å². The van der Waals surface area contributed by atoms with Crippen LogP contribution < -0.4 is 0 Å². The second-order valence-corrected chi connectivity index (χ2v) is 4.80. The average molecular weight is 230 g/mol. The van der Waals surface area contributed by atoms with Crippen LogP contribution in [0.3, 0.4) is 0 Å². The number of aromatic carboxylic acids is 1. The molecule has 2 aromatic heterocycles. The van der Waals surface area contributed by atoms with E-state index in [-0.39, 0.29) is 0 Å². The number of nitrogens with zero attached hydrogens (tertiary/aromatic N) is 2. The number of hydrogen-bond acceptors (Lipinski definition) is 2. The molecule has 0 fully saturated rings. The van der Waals surface area contributed by atoms with Gasteiger partial charge in [0, 0.05) is 11.9 Å². The summed E-state index contributed by atoms with van der Waals surface area (Å²) < 4.78 is 1.94. The molecule has 2 aromatic rings. The van der Waals surface area contributed by atoms with Crippen molar-refractivity contribution in [3.05, 3.63) is 35.3 Å². The molecule has 1 unspecified atom stereocenters. The Bertz CT molecular complexity index is 601. The fraction of sp³-hybridized carbons (Fsp3) is 0.385. The van der Waals surface area contributed by atoms with Crippen LogP contribution in [0.5, 0.6) is 0 Å². The predicted molar refractivity (Wildman–Crippen MR) is 63.3 cm³/mol. The Kier molecular flexibility index (Phi) is 2.18. The summed E-state index contributed by atoms with van der Waals surface area (Å²) in [5.74, 6) is -0.242. The van der Waals surface area contributed by atoms with Crippen LogP contribution in [0, 0.1) is 5.92 Å². The molecule has 0 amide bonds. The molecule has 4 nitrogen and oxygen atoms in total. The van der Waals surface area contributed by atoms with Crippen molar-refractivity contribution in [1.29, 1.82) is 0 Å². The molecular formula is C13H14N2O2. The number of fused-ring (bicyclic) bond motifs is 3. The fourth-order valence-electron chi connectivity index (χ4n) is 2.50. The van der Waals surface area contributed by atoms with Gasteiger partial charge in [-0.3, -0.25) is 0 Å². The van der Waals surface area contributed by atoms with E-state index in [1.54, 1.807) is 18.3 Å². The monoisotopic (exact) mass is 230 g/mol. The summed E-state index contributed by atoms with van der Waals surface area (Å²) in [4.78, 5) is 15.5. The van der Waals surface area contributed by atoms with E-state index < -0.39 is 5.97 Å². The van der Waals surface area contributed by atoms with Crippen molar-refractivity contribution < 1.29 is 9.90 Å². The molecule has 4 heteroatoms. The summed E-state index contributed by atoms with van der Waals surface area (Å²) in [6.45, 7) is 2.23. The second-order valence-electron chi connectivity index (χ2n) is 4.80. The first-order valence-electron chi connectivity index (χ1n) is 5.88. The van der Waals surface area contributed by atoms with Gasteiger partial charge in [-0.2, -0.15) is 0 Å². The largest absolute Gasteiger partial charge is 0.478 e. The quantitative estimate of drug-likeness (QED) is 0.816. The maximum absolute atomic E-state index is 11.0. The zero-order valence-electron chi connectivity index (χ0n) is 9.68. The molecular weight excluding hydrogens is 216 g/mol. The third-order valence-electron chi connectivity index (χ3n) is 3.46. The normalized spacial score (nSPS) is 19.2. The van der Waals surface area contributed by atoms with Crippen LogP contribution >= 0.6 is 0 Å². The second kappa shape index (κ2) is 3.58. The van der Waals surface area contributed by atoms with E-state index in [2.05, 4.69) is 11.9 Å². The highest BCUT2D eigenvalue weighted by Crippen LogP contribution is 2.26. The molecule has 0 aromatic carbocycles. The smallest absolute Gasteiger partial charge is 0.337 e. The average Bonchev–Trinajstić information content (AvgIpc) is 2.66. The van der Waals surface area contributed by atoms with Crippen molar-refractivity contribution in [2.24, 2.45) is 5.92 Å². The minimum atomic E-state index is -0.891. The van der Waals surface area contributed by atoms with Crippen molar-refractivity contribution >= 4 is 11.6 Å². The van der Waals surface area contributed by atoms with Crippen molar-refractivity contribution in [3.8, 4) is 0 Å². The minimum Gasteiger partial charge on any atom is -0.478 e. The Labute approximate surface area is 98.9 Å². The molecule has 3 rings (SSSR count). The van der Waals surface area contributed by atoms with Crippen molar-refractivity contribution in [3.63, 3.8) is 0 Å². The molecule has 2 heterocycles. The molecule has 0 radical (unpaired) electrons. The lowest BCUT2D eigenvalue weighted by molar-refractivity contribution is 0.0696. The zero-order chi connectivity index (χ0) is 12.0. The molecule has 0 bridgehead atoms.